The first-order chi connectivity index (χ1) is 11.2. The lowest BCUT2D eigenvalue weighted by atomic mass is 10.1. The average Bonchev–Trinajstić information content (AvgIpc) is 2.99. The van der Waals surface area contributed by atoms with Crippen LogP contribution < -0.4 is 0 Å². The highest BCUT2D eigenvalue weighted by Gasteiger charge is 2.10. The molecule has 4 aromatic rings. The zero-order chi connectivity index (χ0) is 15.8. The predicted octanol–water partition coefficient (Wildman–Crippen LogP) is 5.52. The van der Waals surface area contributed by atoms with E-state index >= 15 is 0 Å². The van der Waals surface area contributed by atoms with Gasteiger partial charge >= 0.3 is 0 Å². The van der Waals surface area contributed by atoms with Crippen molar-refractivity contribution in [3.05, 3.63) is 71.8 Å². The molecule has 1 N–H and O–H groups in total. The molecule has 23 heavy (non-hydrogen) atoms. The summed E-state index contributed by atoms with van der Waals surface area (Å²) >= 11 is 6.02. The lowest BCUT2D eigenvalue weighted by molar-refractivity contribution is 0.475. The van der Waals surface area contributed by atoms with Crippen LogP contribution in [0.1, 0.15) is 0 Å². The summed E-state index contributed by atoms with van der Waals surface area (Å²) < 4.78 is 5.88. The highest BCUT2D eigenvalue weighted by atomic mass is 35.5. The molecule has 3 nitrogen and oxygen atoms in total. The molecular weight excluding hydrogens is 310 g/mol. The third kappa shape index (κ3) is 2.67. The molecule has 0 saturated heterocycles. The number of rotatable bonds is 2. The molecule has 0 fully saturated rings. The molecule has 4 rings (SSSR count). The summed E-state index contributed by atoms with van der Waals surface area (Å²) in [5.41, 5.74) is 4.37. The summed E-state index contributed by atoms with van der Waals surface area (Å²) in [5, 5.41) is 10.0. The largest absolute Gasteiger partial charge is 0.508 e. The quantitative estimate of drug-likeness (QED) is 0.528. The Labute approximate surface area is 137 Å². The summed E-state index contributed by atoms with van der Waals surface area (Å²) in [6.45, 7) is 0. The number of fused-ring (bicyclic) bond motifs is 1. The van der Waals surface area contributed by atoms with Gasteiger partial charge in [-0.1, -0.05) is 35.9 Å². The lowest BCUT2D eigenvalue weighted by Crippen LogP contribution is -1.77. The van der Waals surface area contributed by atoms with Crippen molar-refractivity contribution in [2.24, 2.45) is 0 Å². The highest BCUT2D eigenvalue weighted by Crippen LogP contribution is 2.30. The maximum atomic E-state index is 9.39. The SMILES string of the molecule is Oc1ccc(-c2ccc3nc(-c4cccc(Cl)c4)oc3c2)cc1. The van der Waals surface area contributed by atoms with Crippen LogP contribution in [0, 0.1) is 0 Å². The minimum atomic E-state index is 0.248. The van der Waals surface area contributed by atoms with Gasteiger partial charge in [-0.05, 0) is 53.6 Å². The number of benzene rings is 3. The minimum Gasteiger partial charge on any atom is -0.508 e. The van der Waals surface area contributed by atoms with Crippen molar-refractivity contribution in [2.75, 3.05) is 0 Å². The molecule has 0 radical (unpaired) electrons. The maximum absolute atomic E-state index is 9.39. The van der Waals surface area contributed by atoms with Crippen LogP contribution in [0.4, 0.5) is 0 Å². The Kier molecular flexibility index (Phi) is 3.28. The summed E-state index contributed by atoms with van der Waals surface area (Å²) in [5.74, 6) is 0.795. The Balaban J connectivity index is 1.79. The fraction of sp³-hybridized carbons (Fsp3) is 0. The number of halogens is 1. The summed E-state index contributed by atoms with van der Waals surface area (Å²) in [6, 6.07) is 20.3. The second-order valence-corrected chi connectivity index (χ2v) is 5.70. The van der Waals surface area contributed by atoms with Crippen LogP contribution in [-0.2, 0) is 0 Å². The predicted molar refractivity (Wildman–Crippen MR) is 91.6 cm³/mol. The van der Waals surface area contributed by atoms with Crippen LogP contribution in [-0.4, -0.2) is 10.1 Å². The van der Waals surface area contributed by atoms with Gasteiger partial charge in [0.15, 0.2) is 5.58 Å². The van der Waals surface area contributed by atoms with Crippen molar-refractivity contribution in [3.8, 4) is 28.3 Å². The van der Waals surface area contributed by atoms with Gasteiger partial charge in [0, 0.05) is 10.6 Å². The van der Waals surface area contributed by atoms with Crippen molar-refractivity contribution in [1.82, 2.24) is 4.98 Å². The molecule has 4 heteroatoms. The number of aromatic nitrogens is 1. The fourth-order valence-electron chi connectivity index (χ4n) is 2.50. The van der Waals surface area contributed by atoms with Crippen molar-refractivity contribution in [3.63, 3.8) is 0 Å². The van der Waals surface area contributed by atoms with Crippen LogP contribution in [0.15, 0.2) is 71.1 Å². The Morgan fingerprint density at radius 3 is 2.39 bits per heavy atom. The van der Waals surface area contributed by atoms with Crippen molar-refractivity contribution >= 4 is 22.7 Å². The molecule has 0 aliphatic heterocycles. The summed E-state index contributed by atoms with van der Waals surface area (Å²) in [7, 11) is 0. The molecule has 0 atom stereocenters. The maximum Gasteiger partial charge on any atom is 0.227 e. The number of hydrogen-bond acceptors (Lipinski definition) is 3. The van der Waals surface area contributed by atoms with Crippen molar-refractivity contribution in [2.45, 2.75) is 0 Å². The molecule has 0 bridgehead atoms. The van der Waals surface area contributed by atoms with Crippen LogP contribution >= 0.6 is 11.6 Å². The number of hydrogen-bond donors (Lipinski definition) is 1. The van der Waals surface area contributed by atoms with E-state index < -0.39 is 0 Å². The van der Waals surface area contributed by atoms with Gasteiger partial charge in [-0.15, -0.1) is 0 Å². The molecule has 0 saturated carbocycles. The van der Waals surface area contributed by atoms with E-state index in [1.807, 2.05) is 54.6 Å². The van der Waals surface area contributed by atoms with E-state index in [4.69, 9.17) is 16.0 Å². The molecule has 0 amide bonds. The Hall–Kier alpha value is -2.78. The smallest absolute Gasteiger partial charge is 0.227 e. The first kappa shape index (κ1) is 13.9. The number of nitrogens with zero attached hydrogens (tertiary/aromatic N) is 1. The van der Waals surface area contributed by atoms with E-state index in [0.29, 0.717) is 16.5 Å². The molecule has 0 unspecified atom stereocenters. The first-order valence-electron chi connectivity index (χ1n) is 7.15. The topological polar surface area (TPSA) is 46.3 Å². The van der Waals surface area contributed by atoms with Gasteiger partial charge < -0.3 is 9.52 Å². The monoisotopic (exact) mass is 321 g/mol. The van der Waals surface area contributed by atoms with Crippen molar-refractivity contribution in [1.29, 1.82) is 0 Å². The second kappa shape index (κ2) is 5.45. The van der Waals surface area contributed by atoms with Crippen LogP contribution in [0.25, 0.3) is 33.7 Å². The summed E-state index contributed by atoms with van der Waals surface area (Å²) in [4.78, 5) is 4.51. The molecule has 3 aromatic carbocycles. The molecule has 1 aromatic heterocycles. The summed E-state index contributed by atoms with van der Waals surface area (Å²) in [6.07, 6.45) is 0. The first-order valence-corrected chi connectivity index (χ1v) is 7.53. The van der Waals surface area contributed by atoms with E-state index in [-0.39, 0.29) is 5.75 Å². The average molecular weight is 322 g/mol. The normalized spacial score (nSPS) is 11.0. The standard InChI is InChI=1S/C19H12ClNO2/c20-15-3-1-2-14(10-15)19-21-17-9-6-13(11-18(17)23-19)12-4-7-16(22)8-5-12/h1-11,22H. The zero-order valence-electron chi connectivity index (χ0n) is 12.0. The molecule has 0 aliphatic carbocycles. The van der Waals surface area contributed by atoms with Crippen LogP contribution in [0.2, 0.25) is 5.02 Å². The van der Waals surface area contributed by atoms with Gasteiger partial charge in [-0.25, -0.2) is 4.98 Å². The molecule has 112 valence electrons. The van der Waals surface area contributed by atoms with Gasteiger partial charge in [0.1, 0.15) is 11.3 Å². The molecular formula is C19H12ClNO2. The van der Waals surface area contributed by atoms with Gasteiger partial charge in [-0.3, -0.25) is 0 Å². The Bertz CT molecular complexity index is 990. The number of phenolic OH excluding ortho intramolecular Hbond substituents is 1. The van der Waals surface area contributed by atoms with Gasteiger partial charge in [0.2, 0.25) is 5.89 Å². The van der Waals surface area contributed by atoms with E-state index in [9.17, 15) is 5.11 Å². The Morgan fingerprint density at radius 2 is 1.61 bits per heavy atom. The van der Waals surface area contributed by atoms with Crippen LogP contribution in [0.3, 0.4) is 0 Å². The molecule has 0 aliphatic rings. The van der Waals surface area contributed by atoms with Gasteiger partial charge in [0.25, 0.3) is 0 Å². The third-order valence-corrected chi connectivity index (χ3v) is 3.90. The van der Waals surface area contributed by atoms with Crippen molar-refractivity contribution < 1.29 is 9.52 Å². The number of aromatic hydroxyl groups is 1. The third-order valence-electron chi connectivity index (χ3n) is 3.66. The van der Waals surface area contributed by atoms with E-state index in [0.717, 1.165) is 22.2 Å². The minimum absolute atomic E-state index is 0.248. The van der Waals surface area contributed by atoms with Gasteiger partial charge in [-0.2, -0.15) is 0 Å². The zero-order valence-corrected chi connectivity index (χ0v) is 12.8. The van der Waals surface area contributed by atoms with E-state index in [2.05, 4.69) is 4.98 Å². The van der Waals surface area contributed by atoms with E-state index in [1.165, 1.54) is 0 Å². The number of oxazole rings is 1. The molecule has 0 spiro atoms. The highest BCUT2D eigenvalue weighted by molar-refractivity contribution is 6.30. The van der Waals surface area contributed by atoms with Crippen LogP contribution in [0.5, 0.6) is 5.75 Å². The van der Waals surface area contributed by atoms with Gasteiger partial charge in [0.05, 0.1) is 0 Å². The lowest BCUT2D eigenvalue weighted by Gasteiger charge is -2.01. The number of phenols is 1. The van der Waals surface area contributed by atoms with E-state index in [1.54, 1.807) is 12.1 Å². The second-order valence-electron chi connectivity index (χ2n) is 5.26. The fourth-order valence-corrected chi connectivity index (χ4v) is 2.69. The Morgan fingerprint density at radius 1 is 0.826 bits per heavy atom. The molecule has 1 heterocycles.